The van der Waals surface area contributed by atoms with Gasteiger partial charge in [0.1, 0.15) is 0 Å². The summed E-state index contributed by atoms with van der Waals surface area (Å²) in [5.41, 5.74) is 0.546. The smallest absolute Gasteiger partial charge is 0.0309 e. The van der Waals surface area contributed by atoms with E-state index in [2.05, 4.69) is 20.8 Å². The van der Waals surface area contributed by atoms with E-state index in [1.54, 1.807) is 0 Å². The van der Waals surface area contributed by atoms with Crippen LogP contribution in [-0.2, 0) is 0 Å². The Bertz CT molecular complexity index is 171. The van der Waals surface area contributed by atoms with E-state index in [0.717, 1.165) is 17.8 Å². The van der Waals surface area contributed by atoms with Crippen LogP contribution >= 0.6 is 0 Å². The molecule has 15 heavy (non-hydrogen) atoms. The van der Waals surface area contributed by atoms with Crippen LogP contribution in [0.4, 0.5) is 0 Å². The van der Waals surface area contributed by atoms with Crippen molar-refractivity contribution in [2.75, 3.05) is 0 Å². The van der Waals surface area contributed by atoms with E-state index in [1.807, 2.05) is 0 Å². The second-order valence-corrected chi connectivity index (χ2v) is 6.98. The van der Waals surface area contributed by atoms with Gasteiger partial charge in [0, 0.05) is 0 Å². The van der Waals surface area contributed by atoms with Crippen molar-refractivity contribution in [1.29, 1.82) is 0 Å². The summed E-state index contributed by atoms with van der Waals surface area (Å²) >= 11 is 0. The lowest BCUT2D eigenvalue weighted by molar-refractivity contribution is 0.0928. The molecular weight excluding hydrogens is 180 g/mol. The van der Waals surface area contributed by atoms with Crippen molar-refractivity contribution >= 4 is 0 Å². The maximum atomic E-state index is 2.48. The molecule has 0 aromatic rings. The van der Waals surface area contributed by atoms with Gasteiger partial charge in [-0.1, -0.05) is 72.1 Å². The maximum absolute atomic E-state index is 2.48. The molecule has 2 aliphatic rings. The fraction of sp³-hybridized carbons (Fsp3) is 1.00. The molecule has 0 unspecified atom stereocenters. The highest BCUT2D eigenvalue weighted by molar-refractivity contribution is 4.89. The van der Waals surface area contributed by atoms with Gasteiger partial charge in [-0.3, -0.25) is 0 Å². The van der Waals surface area contributed by atoms with Crippen LogP contribution < -0.4 is 0 Å². The molecule has 2 fully saturated rings. The van der Waals surface area contributed by atoms with Gasteiger partial charge in [0.05, 0.1) is 0 Å². The number of hydrogen-bond donors (Lipinski definition) is 0. The first kappa shape index (κ1) is 11.5. The van der Waals surface area contributed by atoms with Crippen molar-refractivity contribution in [3.05, 3.63) is 0 Å². The van der Waals surface area contributed by atoms with E-state index >= 15 is 0 Å². The van der Waals surface area contributed by atoms with Crippen molar-refractivity contribution in [2.24, 2.45) is 23.2 Å². The molecule has 0 aromatic carbocycles. The molecule has 0 bridgehead atoms. The van der Waals surface area contributed by atoms with Crippen LogP contribution in [0, 0.1) is 23.2 Å². The standard InChI is InChI=1S/C15H28/c1-15(2,3)14(12-8-4-5-9-12)13-10-6-7-11-13/h12-14H,4-11H2,1-3H3. The van der Waals surface area contributed by atoms with E-state index in [1.165, 1.54) is 51.4 Å². The van der Waals surface area contributed by atoms with Gasteiger partial charge in [-0.05, 0) is 23.2 Å². The zero-order valence-electron chi connectivity index (χ0n) is 10.9. The van der Waals surface area contributed by atoms with Crippen LogP contribution in [0.25, 0.3) is 0 Å². The second kappa shape index (κ2) is 4.47. The Hall–Kier alpha value is 0. The van der Waals surface area contributed by atoms with Crippen molar-refractivity contribution in [1.82, 2.24) is 0 Å². The Morgan fingerprint density at radius 3 is 1.33 bits per heavy atom. The molecule has 0 heterocycles. The molecule has 2 aliphatic carbocycles. The van der Waals surface area contributed by atoms with Crippen LogP contribution in [0.5, 0.6) is 0 Å². The van der Waals surface area contributed by atoms with Gasteiger partial charge in [0.15, 0.2) is 0 Å². The van der Waals surface area contributed by atoms with Crippen LogP contribution in [0.15, 0.2) is 0 Å². The van der Waals surface area contributed by atoms with Crippen molar-refractivity contribution < 1.29 is 0 Å². The minimum absolute atomic E-state index is 0.546. The minimum atomic E-state index is 0.546. The first-order valence-electron chi connectivity index (χ1n) is 7.09. The predicted octanol–water partition coefficient (Wildman–Crippen LogP) is 5.03. The lowest BCUT2D eigenvalue weighted by Gasteiger charge is -2.40. The van der Waals surface area contributed by atoms with E-state index in [0.29, 0.717) is 5.41 Å². The van der Waals surface area contributed by atoms with Gasteiger partial charge in [-0.2, -0.15) is 0 Å². The highest BCUT2D eigenvalue weighted by Gasteiger charge is 2.39. The summed E-state index contributed by atoms with van der Waals surface area (Å²) < 4.78 is 0. The molecule has 0 aliphatic heterocycles. The summed E-state index contributed by atoms with van der Waals surface area (Å²) in [6.45, 7) is 7.44. The Balaban J connectivity index is 2.07. The molecular formula is C15H28. The lowest BCUT2D eigenvalue weighted by Crippen LogP contribution is -2.32. The predicted molar refractivity (Wildman–Crippen MR) is 66.9 cm³/mol. The first-order chi connectivity index (χ1) is 7.09. The molecule has 2 rings (SSSR count). The minimum Gasteiger partial charge on any atom is -0.0599 e. The summed E-state index contributed by atoms with van der Waals surface area (Å²) in [4.78, 5) is 0. The van der Waals surface area contributed by atoms with Crippen LogP contribution in [0.1, 0.15) is 72.1 Å². The quantitative estimate of drug-likeness (QED) is 0.597. The van der Waals surface area contributed by atoms with Crippen molar-refractivity contribution in [3.8, 4) is 0 Å². The Labute approximate surface area is 95.8 Å². The maximum Gasteiger partial charge on any atom is -0.0309 e. The molecule has 88 valence electrons. The molecule has 0 amide bonds. The van der Waals surface area contributed by atoms with Gasteiger partial charge in [0.2, 0.25) is 0 Å². The molecule has 0 aromatic heterocycles. The van der Waals surface area contributed by atoms with Gasteiger partial charge in [-0.25, -0.2) is 0 Å². The van der Waals surface area contributed by atoms with Gasteiger partial charge in [0.25, 0.3) is 0 Å². The number of hydrogen-bond acceptors (Lipinski definition) is 0. The van der Waals surface area contributed by atoms with Gasteiger partial charge < -0.3 is 0 Å². The third kappa shape index (κ3) is 2.57. The Morgan fingerprint density at radius 2 is 1.07 bits per heavy atom. The average molecular weight is 208 g/mol. The monoisotopic (exact) mass is 208 g/mol. The second-order valence-electron chi connectivity index (χ2n) is 6.98. The molecule has 0 nitrogen and oxygen atoms in total. The van der Waals surface area contributed by atoms with Crippen LogP contribution in [-0.4, -0.2) is 0 Å². The topological polar surface area (TPSA) is 0 Å². The van der Waals surface area contributed by atoms with Crippen LogP contribution in [0.2, 0.25) is 0 Å². The zero-order chi connectivity index (χ0) is 10.9. The molecule has 0 N–H and O–H groups in total. The van der Waals surface area contributed by atoms with Crippen LogP contribution in [0.3, 0.4) is 0 Å². The van der Waals surface area contributed by atoms with Crippen molar-refractivity contribution in [2.45, 2.75) is 72.1 Å². The number of rotatable bonds is 2. The molecule has 0 atom stereocenters. The summed E-state index contributed by atoms with van der Waals surface area (Å²) in [6.07, 6.45) is 12.1. The SMILES string of the molecule is CC(C)(C)C(C1CCCC1)C1CCCC1. The fourth-order valence-electron chi connectivity index (χ4n) is 4.43. The Morgan fingerprint density at radius 1 is 0.733 bits per heavy atom. The summed E-state index contributed by atoms with van der Waals surface area (Å²) in [5.74, 6) is 3.14. The summed E-state index contributed by atoms with van der Waals surface area (Å²) in [5, 5.41) is 0. The highest BCUT2D eigenvalue weighted by Crippen LogP contribution is 2.49. The third-order valence-corrected chi connectivity index (χ3v) is 4.82. The largest absolute Gasteiger partial charge is 0.0599 e. The summed E-state index contributed by atoms with van der Waals surface area (Å²) in [6, 6.07) is 0. The molecule has 0 saturated heterocycles. The van der Waals surface area contributed by atoms with Gasteiger partial charge in [-0.15, -0.1) is 0 Å². The Kier molecular flexibility index (Phi) is 3.42. The summed E-state index contributed by atoms with van der Waals surface area (Å²) in [7, 11) is 0. The average Bonchev–Trinajstić information content (AvgIpc) is 2.73. The molecule has 0 spiro atoms. The fourth-order valence-corrected chi connectivity index (χ4v) is 4.43. The first-order valence-corrected chi connectivity index (χ1v) is 7.09. The van der Waals surface area contributed by atoms with Crippen molar-refractivity contribution in [3.63, 3.8) is 0 Å². The molecule has 2 saturated carbocycles. The zero-order valence-corrected chi connectivity index (χ0v) is 10.9. The molecule has 0 radical (unpaired) electrons. The molecule has 0 heteroatoms. The van der Waals surface area contributed by atoms with E-state index in [4.69, 9.17) is 0 Å². The van der Waals surface area contributed by atoms with Gasteiger partial charge >= 0.3 is 0 Å². The lowest BCUT2D eigenvalue weighted by atomic mass is 9.65. The van der Waals surface area contributed by atoms with E-state index < -0.39 is 0 Å². The van der Waals surface area contributed by atoms with E-state index in [-0.39, 0.29) is 0 Å². The third-order valence-electron chi connectivity index (χ3n) is 4.82. The highest BCUT2D eigenvalue weighted by atomic mass is 14.4. The normalized spacial score (nSPS) is 25.6. The van der Waals surface area contributed by atoms with E-state index in [9.17, 15) is 0 Å².